The fraction of sp³-hybridized carbons (Fsp3) is 0. The smallest absolute Gasteiger partial charge is 0.200 e. The molecule has 0 aliphatic heterocycles. The molecule has 0 aliphatic carbocycles. The van der Waals surface area contributed by atoms with E-state index < -0.39 is 38.6 Å². The van der Waals surface area contributed by atoms with Gasteiger partial charge >= 0.3 is 10.2 Å². The average Bonchev–Trinajstić information content (AvgIpc) is 1.98. The van der Waals surface area contributed by atoms with E-state index in [0.717, 1.165) is 0 Å². The van der Waals surface area contributed by atoms with E-state index in [1.54, 1.807) is 0 Å². The van der Waals surface area contributed by atoms with E-state index in [4.69, 9.17) is 0 Å². The van der Waals surface area contributed by atoms with Crippen molar-refractivity contribution >= 4 is 10.2 Å². The Kier molecular flexibility index (Phi) is 2.44. The monoisotopic (exact) mass is 233 g/mol. The Morgan fingerprint density at radius 1 is 0.929 bits per heavy atom. The zero-order valence-corrected chi connectivity index (χ0v) is 6.88. The molecule has 9 heteroatoms. The highest BCUT2D eigenvalue weighted by Gasteiger charge is 2.30. The van der Waals surface area contributed by atoms with E-state index in [9.17, 15) is 29.9 Å². The van der Waals surface area contributed by atoms with Crippen molar-refractivity contribution < 1.29 is 29.9 Å². The third kappa shape index (κ3) is 1.67. The lowest BCUT2D eigenvalue weighted by Crippen LogP contribution is -2.08. The van der Waals surface area contributed by atoms with Gasteiger partial charge in [0.25, 0.3) is 11.9 Å². The summed E-state index contributed by atoms with van der Waals surface area (Å²) in [5, 5.41) is 0. The van der Waals surface area contributed by atoms with Crippen molar-refractivity contribution in [3.05, 3.63) is 23.5 Å². The number of halogens is 5. The average molecular weight is 233 g/mol. The predicted octanol–water partition coefficient (Wildman–Crippen LogP) is 1.30. The van der Waals surface area contributed by atoms with Crippen molar-refractivity contribution in [1.29, 1.82) is 0 Å². The van der Waals surface area contributed by atoms with E-state index in [0.29, 0.717) is 0 Å². The number of aromatic nitrogens is 1. The molecule has 0 fully saturated rings. The van der Waals surface area contributed by atoms with Crippen molar-refractivity contribution in [3.8, 4) is 0 Å². The molecule has 0 spiro atoms. The summed E-state index contributed by atoms with van der Waals surface area (Å²) in [5.74, 6) is -9.27. The minimum atomic E-state index is -5.88. The molecule has 0 aliphatic rings. The lowest BCUT2D eigenvalue weighted by atomic mass is 10.4. The van der Waals surface area contributed by atoms with E-state index in [-0.39, 0.29) is 0 Å². The normalized spacial score (nSPS) is 11.8. The van der Waals surface area contributed by atoms with Crippen LogP contribution in [0.4, 0.5) is 21.4 Å². The van der Waals surface area contributed by atoms with Gasteiger partial charge in [-0.05, 0) is 0 Å². The Morgan fingerprint density at radius 2 is 1.29 bits per heavy atom. The van der Waals surface area contributed by atoms with E-state index >= 15 is 0 Å². The van der Waals surface area contributed by atoms with Crippen LogP contribution in [-0.4, -0.2) is 13.4 Å². The Balaban J connectivity index is 3.74. The minimum absolute atomic E-state index is 2.03. The van der Waals surface area contributed by atoms with Gasteiger partial charge < -0.3 is 0 Å². The molecule has 0 amide bonds. The quantitative estimate of drug-likeness (QED) is 0.417. The lowest BCUT2D eigenvalue weighted by Gasteiger charge is -2.00. The van der Waals surface area contributed by atoms with Gasteiger partial charge in [-0.1, -0.05) is 0 Å². The van der Waals surface area contributed by atoms with Crippen LogP contribution in [0.5, 0.6) is 0 Å². The largest absolute Gasteiger partial charge is 0.338 e. The van der Waals surface area contributed by atoms with E-state index in [1.165, 1.54) is 0 Å². The van der Waals surface area contributed by atoms with Crippen LogP contribution in [0.3, 0.4) is 0 Å². The summed E-state index contributed by atoms with van der Waals surface area (Å²) in [7, 11) is -5.88. The topological polar surface area (TPSA) is 47.0 Å². The summed E-state index contributed by atoms with van der Waals surface area (Å²) in [5.41, 5.74) is 0. The lowest BCUT2D eigenvalue weighted by molar-refractivity contribution is 0.375. The van der Waals surface area contributed by atoms with Crippen LogP contribution in [0, 0.1) is 23.5 Å². The van der Waals surface area contributed by atoms with Crippen LogP contribution in [0.1, 0.15) is 0 Å². The minimum Gasteiger partial charge on any atom is -0.200 e. The molecular weight excluding hydrogens is 233 g/mol. The van der Waals surface area contributed by atoms with Crippen LogP contribution in [-0.2, 0) is 10.2 Å². The van der Waals surface area contributed by atoms with Crippen LogP contribution in [0.15, 0.2) is 4.90 Å². The summed E-state index contributed by atoms with van der Waals surface area (Å²) in [6, 6.07) is 0. The maximum Gasteiger partial charge on any atom is 0.338 e. The van der Waals surface area contributed by atoms with Gasteiger partial charge in [0.1, 0.15) is 0 Å². The summed E-state index contributed by atoms with van der Waals surface area (Å²) in [4.78, 5) is -0.285. The highest BCUT2D eigenvalue weighted by atomic mass is 32.3. The fourth-order valence-electron chi connectivity index (χ4n) is 0.682. The molecule has 0 atom stereocenters. The molecule has 0 bridgehead atoms. The summed E-state index contributed by atoms with van der Waals surface area (Å²) in [6.07, 6.45) is 0. The maximum absolute atomic E-state index is 12.5. The molecule has 1 aromatic rings. The predicted molar refractivity (Wildman–Crippen MR) is 32.4 cm³/mol. The molecule has 0 N–H and O–H groups in total. The molecule has 1 heterocycles. The first-order valence-electron chi connectivity index (χ1n) is 2.89. The first-order valence-corrected chi connectivity index (χ1v) is 4.28. The van der Waals surface area contributed by atoms with Crippen LogP contribution >= 0.6 is 0 Å². The molecule has 0 saturated carbocycles. The third-order valence-electron chi connectivity index (χ3n) is 1.20. The fourth-order valence-corrected chi connectivity index (χ4v) is 1.28. The molecule has 0 aromatic carbocycles. The van der Waals surface area contributed by atoms with Gasteiger partial charge in [0, 0.05) is 0 Å². The van der Waals surface area contributed by atoms with Crippen molar-refractivity contribution in [2.75, 3.05) is 0 Å². The zero-order valence-electron chi connectivity index (χ0n) is 6.06. The van der Waals surface area contributed by atoms with Gasteiger partial charge in [0.15, 0.2) is 4.90 Å². The number of pyridine rings is 1. The highest BCUT2D eigenvalue weighted by molar-refractivity contribution is 7.86. The van der Waals surface area contributed by atoms with Crippen LogP contribution in [0.2, 0.25) is 0 Å². The second-order valence-corrected chi connectivity index (χ2v) is 3.37. The number of hydrogen-bond donors (Lipinski definition) is 0. The molecule has 3 nitrogen and oxygen atoms in total. The molecule has 0 saturated heterocycles. The Bertz CT molecular complexity index is 459. The van der Waals surface area contributed by atoms with Gasteiger partial charge in [-0.3, -0.25) is 0 Å². The first kappa shape index (κ1) is 10.8. The summed E-state index contributed by atoms with van der Waals surface area (Å²) < 4.78 is 81.7. The molecule has 14 heavy (non-hydrogen) atoms. The standard InChI is InChI=1S/C5F5NO2S/c6-1-3(14(10,12)13)2(7)5(9)11-4(1)8. The van der Waals surface area contributed by atoms with Crippen molar-refractivity contribution in [1.82, 2.24) is 4.98 Å². The zero-order chi connectivity index (χ0) is 11.1. The molecule has 78 valence electrons. The van der Waals surface area contributed by atoms with Gasteiger partial charge in [0.05, 0.1) is 0 Å². The molecule has 0 radical (unpaired) electrons. The summed E-state index contributed by atoms with van der Waals surface area (Å²) in [6.45, 7) is 0. The van der Waals surface area contributed by atoms with Crippen molar-refractivity contribution in [3.63, 3.8) is 0 Å². The Labute approximate surface area is 74.4 Å². The first-order chi connectivity index (χ1) is 6.25. The molecule has 1 aromatic heterocycles. The number of nitrogens with zero attached hydrogens (tertiary/aromatic N) is 1. The number of hydrogen-bond acceptors (Lipinski definition) is 3. The molecule has 0 unspecified atom stereocenters. The van der Waals surface area contributed by atoms with Crippen molar-refractivity contribution in [2.24, 2.45) is 0 Å². The Morgan fingerprint density at radius 3 is 1.57 bits per heavy atom. The third-order valence-corrected chi connectivity index (χ3v) is 2.05. The van der Waals surface area contributed by atoms with Gasteiger partial charge in [-0.2, -0.15) is 22.2 Å². The Hall–Kier alpha value is -1.25. The molecule has 1 rings (SSSR count). The SMILES string of the molecule is O=S(=O)(F)c1c(F)c(F)nc(F)c1F. The van der Waals surface area contributed by atoms with E-state index in [1.807, 2.05) is 4.98 Å². The highest BCUT2D eigenvalue weighted by Crippen LogP contribution is 2.23. The van der Waals surface area contributed by atoms with E-state index in [2.05, 4.69) is 0 Å². The van der Waals surface area contributed by atoms with Crippen molar-refractivity contribution in [2.45, 2.75) is 4.90 Å². The van der Waals surface area contributed by atoms with Gasteiger partial charge in [0.2, 0.25) is 11.6 Å². The van der Waals surface area contributed by atoms with Gasteiger partial charge in [-0.25, -0.2) is 8.78 Å². The maximum atomic E-state index is 12.5. The summed E-state index contributed by atoms with van der Waals surface area (Å²) >= 11 is 0. The van der Waals surface area contributed by atoms with Gasteiger partial charge in [-0.15, -0.1) is 3.89 Å². The van der Waals surface area contributed by atoms with Crippen LogP contribution in [0.25, 0.3) is 0 Å². The second kappa shape index (κ2) is 3.15. The second-order valence-electron chi connectivity index (χ2n) is 2.09. The number of rotatable bonds is 1. The van der Waals surface area contributed by atoms with Crippen LogP contribution < -0.4 is 0 Å². The molecular formula is C5F5NO2S.